The zero-order chi connectivity index (χ0) is 14.3. The van der Waals surface area contributed by atoms with E-state index in [9.17, 15) is 9.59 Å². The molecule has 108 valence electrons. The van der Waals surface area contributed by atoms with Crippen LogP contribution in [-0.4, -0.2) is 21.7 Å². The van der Waals surface area contributed by atoms with Crippen molar-refractivity contribution in [3.05, 3.63) is 28.2 Å². The monoisotopic (exact) mass is 275 g/mol. The number of carbonyl (C=O) groups excluding carboxylic acids is 1. The molecule has 4 unspecified atom stereocenters. The first-order valence-electron chi connectivity index (χ1n) is 7.40. The Hall–Kier alpha value is -1.65. The van der Waals surface area contributed by atoms with Crippen LogP contribution in [0.25, 0.3) is 0 Å². The van der Waals surface area contributed by atoms with Gasteiger partial charge in [-0.05, 0) is 50.0 Å². The van der Waals surface area contributed by atoms with Gasteiger partial charge in [-0.15, -0.1) is 0 Å². The first-order chi connectivity index (χ1) is 9.54. The molecule has 2 bridgehead atoms. The van der Waals surface area contributed by atoms with Crippen molar-refractivity contribution >= 4 is 5.91 Å². The van der Waals surface area contributed by atoms with Crippen LogP contribution in [0.15, 0.2) is 16.9 Å². The quantitative estimate of drug-likeness (QED) is 0.905. The lowest BCUT2D eigenvalue weighted by Crippen LogP contribution is -2.41. The Morgan fingerprint density at radius 3 is 2.80 bits per heavy atom. The molecule has 0 aliphatic heterocycles. The van der Waals surface area contributed by atoms with Crippen LogP contribution in [0.4, 0.5) is 0 Å². The highest BCUT2D eigenvalue weighted by Crippen LogP contribution is 2.49. The summed E-state index contributed by atoms with van der Waals surface area (Å²) in [4.78, 5) is 23.5. The Morgan fingerprint density at radius 2 is 2.20 bits per heavy atom. The zero-order valence-corrected chi connectivity index (χ0v) is 12.0. The van der Waals surface area contributed by atoms with Gasteiger partial charge in [0.2, 0.25) is 0 Å². The number of hydrogen-bond donors (Lipinski definition) is 1. The number of nitrogens with one attached hydrogen (secondary N) is 1. The fourth-order valence-electron chi connectivity index (χ4n) is 3.92. The maximum absolute atomic E-state index is 12.2. The normalized spacial score (nSPS) is 29.4. The molecular formula is C15H21N3O2. The van der Waals surface area contributed by atoms with E-state index in [-0.39, 0.29) is 17.5 Å². The van der Waals surface area contributed by atoms with E-state index in [4.69, 9.17) is 0 Å². The summed E-state index contributed by atoms with van der Waals surface area (Å²) in [7, 11) is 1.55. The topological polar surface area (TPSA) is 64.0 Å². The third-order valence-corrected chi connectivity index (χ3v) is 4.99. The second-order valence-corrected chi connectivity index (χ2v) is 6.28. The average molecular weight is 275 g/mol. The summed E-state index contributed by atoms with van der Waals surface area (Å²) in [5.74, 6) is 2.07. The van der Waals surface area contributed by atoms with Crippen molar-refractivity contribution in [3.8, 4) is 0 Å². The van der Waals surface area contributed by atoms with Crippen molar-refractivity contribution in [1.82, 2.24) is 15.1 Å². The van der Waals surface area contributed by atoms with Gasteiger partial charge in [-0.2, -0.15) is 5.10 Å². The van der Waals surface area contributed by atoms with Crippen molar-refractivity contribution in [3.63, 3.8) is 0 Å². The molecule has 1 N–H and O–H groups in total. The van der Waals surface area contributed by atoms with Gasteiger partial charge < -0.3 is 5.32 Å². The molecule has 5 heteroatoms. The average Bonchev–Trinajstić information content (AvgIpc) is 3.04. The van der Waals surface area contributed by atoms with Crippen molar-refractivity contribution < 1.29 is 4.79 Å². The largest absolute Gasteiger partial charge is 0.348 e. The van der Waals surface area contributed by atoms with Crippen LogP contribution in [0.1, 0.15) is 43.1 Å². The van der Waals surface area contributed by atoms with Crippen molar-refractivity contribution in [1.29, 1.82) is 0 Å². The van der Waals surface area contributed by atoms with E-state index in [1.807, 2.05) is 0 Å². The highest BCUT2D eigenvalue weighted by atomic mass is 16.2. The Kier molecular flexibility index (Phi) is 3.36. The number of rotatable bonds is 3. The fraction of sp³-hybridized carbons (Fsp3) is 0.667. The van der Waals surface area contributed by atoms with E-state index in [0.29, 0.717) is 11.6 Å². The summed E-state index contributed by atoms with van der Waals surface area (Å²) in [6.45, 7) is 2.09. The van der Waals surface area contributed by atoms with Crippen LogP contribution < -0.4 is 10.9 Å². The maximum atomic E-state index is 12.2. The summed E-state index contributed by atoms with van der Waals surface area (Å²) in [6.07, 6.45) is 5.26. The van der Waals surface area contributed by atoms with Gasteiger partial charge in [0.05, 0.1) is 0 Å². The molecular weight excluding hydrogens is 254 g/mol. The molecule has 1 heterocycles. The molecule has 3 rings (SSSR count). The van der Waals surface area contributed by atoms with E-state index in [2.05, 4.69) is 17.3 Å². The number of fused-ring (bicyclic) bond motifs is 2. The number of aromatic nitrogens is 2. The lowest BCUT2D eigenvalue weighted by atomic mass is 9.84. The molecule has 2 saturated carbocycles. The van der Waals surface area contributed by atoms with Crippen molar-refractivity contribution in [2.24, 2.45) is 24.8 Å². The van der Waals surface area contributed by atoms with E-state index in [0.717, 1.165) is 11.8 Å². The van der Waals surface area contributed by atoms with Crippen LogP contribution in [-0.2, 0) is 7.05 Å². The Bertz CT molecular complexity index is 581. The van der Waals surface area contributed by atoms with E-state index in [1.165, 1.54) is 42.5 Å². The van der Waals surface area contributed by atoms with Gasteiger partial charge in [-0.3, -0.25) is 9.59 Å². The van der Waals surface area contributed by atoms with Crippen LogP contribution in [0.2, 0.25) is 0 Å². The molecule has 20 heavy (non-hydrogen) atoms. The Balaban J connectivity index is 1.66. The molecule has 0 radical (unpaired) electrons. The molecule has 1 aromatic rings. The predicted octanol–water partition coefficient (Wildman–Crippen LogP) is 1.33. The van der Waals surface area contributed by atoms with E-state index in [1.54, 1.807) is 7.05 Å². The summed E-state index contributed by atoms with van der Waals surface area (Å²) in [6, 6.07) is 3.05. The van der Waals surface area contributed by atoms with Crippen molar-refractivity contribution in [2.75, 3.05) is 0 Å². The summed E-state index contributed by atoms with van der Waals surface area (Å²) < 4.78 is 1.19. The second kappa shape index (κ2) is 5.04. The summed E-state index contributed by atoms with van der Waals surface area (Å²) >= 11 is 0. The van der Waals surface area contributed by atoms with E-state index >= 15 is 0 Å². The van der Waals surface area contributed by atoms with Crippen molar-refractivity contribution in [2.45, 2.75) is 38.6 Å². The molecule has 2 aliphatic rings. The molecule has 0 aromatic carbocycles. The van der Waals surface area contributed by atoms with Gasteiger partial charge in [0.15, 0.2) is 0 Å². The van der Waals surface area contributed by atoms with Crippen LogP contribution in [0, 0.1) is 17.8 Å². The molecule has 4 atom stereocenters. The number of hydrogen-bond acceptors (Lipinski definition) is 3. The van der Waals surface area contributed by atoms with Crippen LogP contribution in [0.3, 0.4) is 0 Å². The smallest absolute Gasteiger partial charge is 0.271 e. The number of carbonyl (C=O) groups is 1. The van der Waals surface area contributed by atoms with E-state index < -0.39 is 0 Å². The SMILES string of the molecule is CC(NC(=O)c1ccc(=O)n(C)n1)C1CC2CCC1C2. The third-order valence-electron chi connectivity index (χ3n) is 4.99. The van der Waals surface area contributed by atoms with Crippen LogP contribution in [0.5, 0.6) is 0 Å². The first-order valence-corrected chi connectivity index (χ1v) is 7.40. The standard InChI is InChI=1S/C15H21N3O2/c1-9(12-8-10-3-4-11(12)7-10)16-15(20)13-5-6-14(19)18(2)17-13/h5-6,9-12H,3-4,7-8H2,1-2H3,(H,16,20). The van der Waals surface area contributed by atoms with Gasteiger partial charge in [0.25, 0.3) is 11.5 Å². The van der Waals surface area contributed by atoms with Gasteiger partial charge >= 0.3 is 0 Å². The van der Waals surface area contributed by atoms with Gasteiger partial charge in [0.1, 0.15) is 5.69 Å². The highest BCUT2D eigenvalue weighted by Gasteiger charge is 2.42. The lowest BCUT2D eigenvalue weighted by molar-refractivity contribution is 0.0908. The minimum atomic E-state index is -0.206. The number of amides is 1. The predicted molar refractivity (Wildman–Crippen MR) is 75.3 cm³/mol. The Morgan fingerprint density at radius 1 is 1.40 bits per heavy atom. The molecule has 1 aromatic heterocycles. The number of aryl methyl sites for hydroxylation is 1. The fourth-order valence-corrected chi connectivity index (χ4v) is 3.92. The molecule has 0 saturated heterocycles. The summed E-state index contributed by atoms with van der Waals surface area (Å²) in [5.41, 5.74) is 0.102. The molecule has 0 spiro atoms. The lowest BCUT2D eigenvalue weighted by Gasteiger charge is -2.28. The third kappa shape index (κ3) is 2.37. The molecule has 5 nitrogen and oxygen atoms in total. The maximum Gasteiger partial charge on any atom is 0.271 e. The molecule has 2 aliphatic carbocycles. The minimum absolute atomic E-state index is 0.178. The molecule has 2 fully saturated rings. The van der Waals surface area contributed by atoms with Gasteiger partial charge in [-0.25, -0.2) is 4.68 Å². The molecule has 1 amide bonds. The summed E-state index contributed by atoms with van der Waals surface area (Å²) in [5, 5.41) is 7.05. The highest BCUT2D eigenvalue weighted by molar-refractivity contribution is 5.92. The Labute approximate surface area is 118 Å². The van der Waals surface area contributed by atoms with Gasteiger partial charge in [-0.1, -0.05) is 6.42 Å². The van der Waals surface area contributed by atoms with Gasteiger partial charge in [0, 0.05) is 19.2 Å². The zero-order valence-electron chi connectivity index (χ0n) is 12.0. The minimum Gasteiger partial charge on any atom is -0.348 e. The van der Waals surface area contributed by atoms with Crippen LogP contribution >= 0.6 is 0 Å². The number of nitrogens with zero attached hydrogens (tertiary/aromatic N) is 2. The first kappa shape index (κ1) is 13.3. The second-order valence-electron chi connectivity index (χ2n) is 6.28.